The molecule has 0 unspecified atom stereocenters. The molecule has 0 radical (unpaired) electrons. The van der Waals surface area contributed by atoms with E-state index in [1.165, 1.54) is 18.4 Å². The number of benzene rings is 1. The molecule has 0 bridgehead atoms. The van der Waals surface area contributed by atoms with Crippen molar-refractivity contribution < 1.29 is 4.74 Å². The lowest BCUT2D eigenvalue weighted by Gasteiger charge is -2.14. The molecule has 1 aliphatic rings. The van der Waals surface area contributed by atoms with Gasteiger partial charge in [-0.2, -0.15) is 0 Å². The zero-order valence-electron chi connectivity index (χ0n) is 9.49. The Morgan fingerprint density at radius 3 is 2.93 bits per heavy atom. The Labute approximate surface area is 91.6 Å². The molecule has 82 valence electrons. The van der Waals surface area contributed by atoms with Crippen LogP contribution in [0.15, 0.2) is 24.3 Å². The van der Waals surface area contributed by atoms with Gasteiger partial charge in [0.2, 0.25) is 0 Å². The molecule has 1 saturated carbocycles. The van der Waals surface area contributed by atoms with E-state index in [0.717, 1.165) is 18.2 Å². The van der Waals surface area contributed by atoms with Crippen molar-refractivity contribution in [2.24, 2.45) is 5.92 Å². The minimum atomic E-state index is 0.417. The highest BCUT2D eigenvalue weighted by molar-refractivity contribution is 5.30. The number of hydrogen-bond acceptors (Lipinski definition) is 2. The van der Waals surface area contributed by atoms with Crippen LogP contribution in [0.25, 0.3) is 0 Å². The highest BCUT2D eigenvalue weighted by Gasteiger charge is 2.21. The van der Waals surface area contributed by atoms with E-state index in [-0.39, 0.29) is 0 Å². The summed E-state index contributed by atoms with van der Waals surface area (Å²) in [5, 5.41) is 3.56. The molecule has 0 saturated heterocycles. The van der Waals surface area contributed by atoms with E-state index in [9.17, 15) is 0 Å². The van der Waals surface area contributed by atoms with Crippen LogP contribution in [0.5, 0.6) is 5.75 Å². The van der Waals surface area contributed by atoms with E-state index >= 15 is 0 Å². The van der Waals surface area contributed by atoms with Gasteiger partial charge in [0.1, 0.15) is 5.75 Å². The van der Waals surface area contributed by atoms with Gasteiger partial charge in [0.25, 0.3) is 0 Å². The van der Waals surface area contributed by atoms with Crippen LogP contribution in [0.1, 0.15) is 31.4 Å². The van der Waals surface area contributed by atoms with Crippen LogP contribution in [-0.4, -0.2) is 13.7 Å². The topological polar surface area (TPSA) is 21.3 Å². The molecule has 2 rings (SSSR count). The lowest BCUT2D eigenvalue weighted by atomic mass is 10.1. The normalized spacial score (nSPS) is 17.5. The third kappa shape index (κ3) is 2.96. The summed E-state index contributed by atoms with van der Waals surface area (Å²) >= 11 is 0. The van der Waals surface area contributed by atoms with E-state index in [4.69, 9.17) is 4.74 Å². The van der Waals surface area contributed by atoms with Crippen molar-refractivity contribution in [1.29, 1.82) is 0 Å². The molecule has 1 N–H and O–H groups in total. The first-order valence-corrected chi connectivity index (χ1v) is 5.67. The summed E-state index contributed by atoms with van der Waals surface area (Å²) in [5.41, 5.74) is 1.30. The molecule has 0 aromatic heterocycles. The largest absolute Gasteiger partial charge is 0.497 e. The third-order valence-electron chi connectivity index (χ3n) is 3.00. The van der Waals surface area contributed by atoms with Crippen LogP contribution in [0.2, 0.25) is 0 Å². The minimum Gasteiger partial charge on any atom is -0.497 e. The van der Waals surface area contributed by atoms with Crippen LogP contribution in [0, 0.1) is 5.92 Å². The van der Waals surface area contributed by atoms with Gasteiger partial charge in [0, 0.05) is 6.04 Å². The molecule has 15 heavy (non-hydrogen) atoms. The fraction of sp³-hybridized carbons (Fsp3) is 0.538. The summed E-state index contributed by atoms with van der Waals surface area (Å²) < 4.78 is 5.22. The molecule has 1 aliphatic carbocycles. The lowest BCUT2D eigenvalue weighted by Crippen LogP contribution is -2.20. The predicted molar refractivity (Wildman–Crippen MR) is 62.1 cm³/mol. The number of rotatable bonds is 5. The lowest BCUT2D eigenvalue weighted by molar-refractivity contribution is 0.413. The van der Waals surface area contributed by atoms with E-state index in [1.54, 1.807) is 7.11 Å². The van der Waals surface area contributed by atoms with Gasteiger partial charge < -0.3 is 10.1 Å². The molecule has 0 amide bonds. The number of ether oxygens (including phenoxy) is 1. The summed E-state index contributed by atoms with van der Waals surface area (Å²) in [6.07, 6.45) is 2.80. The van der Waals surface area contributed by atoms with Crippen molar-refractivity contribution in [2.75, 3.05) is 13.7 Å². The van der Waals surface area contributed by atoms with Crippen molar-refractivity contribution >= 4 is 0 Å². The smallest absolute Gasteiger partial charge is 0.119 e. The van der Waals surface area contributed by atoms with Gasteiger partial charge in [-0.25, -0.2) is 0 Å². The summed E-state index contributed by atoms with van der Waals surface area (Å²) in [6, 6.07) is 8.69. The Kier molecular flexibility index (Phi) is 3.27. The van der Waals surface area contributed by atoms with Crippen LogP contribution < -0.4 is 10.1 Å². The SMILES string of the molecule is COc1cccc([C@@H](C)NCC2CC2)c1. The van der Waals surface area contributed by atoms with Gasteiger partial charge in [-0.3, -0.25) is 0 Å². The second-order valence-corrected chi connectivity index (χ2v) is 4.35. The first-order chi connectivity index (χ1) is 7.29. The standard InChI is InChI=1S/C13H19NO/c1-10(14-9-11-6-7-11)12-4-3-5-13(8-12)15-2/h3-5,8,10-11,14H,6-7,9H2,1-2H3/t10-/m1/s1. The first-order valence-electron chi connectivity index (χ1n) is 5.67. The van der Waals surface area contributed by atoms with E-state index in [1.807, 2.05) is 12.1 Å². The average molecular weight is 205 g/mol. The Bertz CT molecular complexity index is 320. The van der Waals surface area contributed by atoms with Crippen LogP contribution in [0.4, 0.5) is 0 Å². The quantitative estimate of drug-likeness (QED) is 0.798. The molecule has 0 spiro atoms. The highest BCUT2D eigenvalue weighted by atomic mass is 16.5. The number of nitrogens with one attached hydrogen (secondary N) is 1. The molecular formula is C13H19NO. The second kappa shape index (κ2) is 4.67. The zero-order chi connectivity index (χ0) is 10.7. The average Bonchev–Trinajstić information content (AvgIpc) is 3.10. The monoisotopic (exact) mass is 205 g/mol. The molecule has 0 aliphatic heterocycles. The Hall–Kier alpha value is -1.02. The zero-order valence-corrected chi connectivity index (χ0v) is 9.49. The molecule has 1 atom stereocenters. The maximum atomic E-state index is 5.22. The van der Waals surface area contributed by atoms with Gasteiger partial charge in [-0.1, -0.05) is 12.1 Å². The van der Waals surface area contributed by atoms with Crippen LogP contribution in [0.3, 0.4) is 0 Å². The van der Waals surface area contributed by atoms with Crippen molar-refractivity contribution in [3.63, 3.8) is 0 Å². The second-order valence-electron chi connectivity index (χ2n) is 4.35. The molecule has 1 fully saturated rings. The Balaban J connectivity index is 1.93. The maximum absolute atomic E-state index is 5.22. The molecule has 2 nitrogen and oxygen atoms in total. The van der Waals surface area contributed by atoms with Crippen LogP contribution in [-0.2, 0) is 0 Å². The third-order valence-corrected chi connectivity index (χ3v) is 3.00. The first kappa shape index (κ1) is 10.5. The van der Waals surface area contributed by atoms with Gasteiger partial charge in [-0.05, 0) is 49.9 Å². The van der Waals surface area contributed by atoms with Crippen molar-refractivity contribution in [3.05, 3.63) is 29.8 Å². The van der Waals surface area contributed by atoms with E-state index < -0.39 is 0 Å². The summed E-state index contributed by atoms with van der Waals surface area (Å²) in [6.45, 7) is 3.36. The number of hydrogen-bond donors (Lipinski definition) is 1. The van der Waals surface area contributed by atoms with Crippen molar-refractivity contribution in [3.8, 4) is 5.75 Å². The Morgan fingerprint density at radius 2 is 2.27 bits per heavy atom. The van der Waals surface area contributed by atoms with Crippen LogP contribution >= 0.6 is 0 Å². The highest BCUT2D eigenvalue weighted by Crippen LogP contribution is 2.28. The molecule has 2 heteroatoms. The Morgan fingerprint density at radius 1 is 1.47 bits per heavy atom. The molecule has 1 aromatic rings. The maximum Gasteiger partial charge on any atom is 0.119 e. The van der Waals surface area contributed by atoms with Crippen molar-refractivity contribution in [1.82, 2.24) is 5.32 Å². The summed E-state index contributed by atoms with van der Waals surface area (Å²) in [7, 11) is 1.71. The van der Waals surface area contributed by atoms with E-state index in [0.29, 0.717) is 6.04 Å². The van der Waals surface area contributed by atoms with Gasteiger partial charge in [-0.15, -0.1) is 0 Å². The van der Waals surface area contributed by atoms with Gasteiger partial charge in [0.05, 0.1) is 7.11 Å². The molecule has 1 aromatic carbocycles. The fourth-order valence-electron chi connectivity index (χ4n) is 1.69. The van der Waals surface area contributed by atoms with Crippen molar-refractivity contribution in [2.45, 2.75) is 25.8 Å². The van der Waals surface area contributed by atoms with Gasteiger partial charge >= 0.3 is 0 Å². The van der Waals surface area contributed by atoms with E-state index in [2.05, 4.69) is 24.4 Å². The minimum absolute atomic E-state index is 0.417. The predicted octanol–water partition coefficient (Wildman–Crippen LogP) is 2.76. The van der Waals surface area contributed by atoms with Gasteiger partial charge in [0.15, 0.2) is 0 Å². The molecular weight excluding hydrogens is 186 g/mol. The number of methoxy groups -OCH3 is 1. The fourth-order valence-corrected chi connectivity index (χ4v) is 1.69. The summed E-state index contributed by atoms with van der Waals surface area (Å²) in [5.74, 6) is 1.87. The summed E-state index contributed by atoms with van der Waals surface area (Å²) in [4.78, 5) is 0. The molecule has 0 heterocycles.